The highest BCUT2D eigenvalue weighted by atomic mass is 79.9. The molecule has 0 aliphatic rings. The van der Waals surface area contributed by atoms with Crippen LogP contribution in [-0.4, -0.2) is 4.98 Å². The molecule has 0 aliphatic heterocycles. The Morgan fingerprint density at radius 2 is 2.00 bits per heavy atom. The maximum Gasteiger partial charge on any atom is 0.181 e. The third-order valence-electron chi connectivity index (χ3n) is 2.15. The molecule has 0 atom stereocenters. The van der Waals surface area contributed by atoms with Gasteiger partial charge in [0, 0.05) is 11.3 Å². The monoisotopic (exact) mass is 282 g/mol. The van der Waals surface area contributed by atoms with Crippen LogP contribution in [0.1, 0.15) is 16.0 Å². The summed E-state index contributed by atoms with van der Waals surface area (Å²) < 4.78 is 0.866. The number of nitrogens with zero attached hydrogens (tertiary/aromatic N) is 1. The Labute approximate surface area is 101 Å². The number of nitrogen functional groups attached to an aromatic ring is 1. The van der Waals surface area contributed by atoms with Crippen molar-refractivity contribution in [1.29, 1.82) is 0 Å². The van der Waals surface area contributed by atoms with Gasteiger partial charge in [-0.25, -0.2) is 4.98 Å². The minimum Gasteiger partial charge on any atom is -0.375 e. The number of hydrogen-bond acceptors (Lipinski definition) is 3. The topological polar surface area (TPSA) is 38.9 Å². The lowest BCUT2D eigenvalue weighted by atomic mass is 10.1. The van der Waals surface area contributed by atoms with Crippen molar-refractivity contribution in [3.8, 4) is 0 Å². The van der Waals surface area contributed by atoms with Crippen LogP contribution in [0.2, 0.25) is 0 Å². The van der Waals surface area contributed by atoms with E-state index in [9.17, 15) is 0 Å². The first kappa shape index (κ1) is 10.6. The van der Waals surface area contributed by atoms with Crippen LogP contribution in [0.4, 0.5) is 5.13 Å². The second-order valence-corrected chi connectivity index (χ2v) is 5.29. The fourth-order valence-electron chi connectivity index (χ4n) is 1.35. The van der Waals surface area contributed by atoms with Crippen molar-refractivity contribution in [1.82, 2.24) is 4.98 Å². The largest absolute Gasteiger partial charge is 0.375 e. The average Bonchev–Trinajstić information content (AvgIpc) is 2.49. The number of benzene rings is 1. The molecule has 0 radical (unpaired) electrons. The summed E-state index contributed by atoms with van der Waals surface area (Å²) in [6, 6.07) is 8.51. The number of aryl methyl sites for hydroxylation is 1. The maximum absolute atomic E-state index is 5.63. The molecule has 0 saturated carbocycles. The lowest BCUT2D eigenvalue weighted by Crippen LogP contribution is -1.85. The molecule has 15 heavy (non-hydrogen) atoms. The Balaban J connectivity index is 2.21. The van der Waals surface area contributed by atoms with Gasteiger partial charge in [-0.1, -0.05) is 29.8 Å². The van der Waals surface area contributed by atoms with Crippen LogP contribution in [0, 0.1) is 6.92 Å². The lowest BCUT2D eigenvalue weighted by Gasteiger charge is -1.99. The van der Waals surface area contributed by atoms with Gasteiger partial charge in [-0.3, -0.25) is 0 Å². The molecule has 4 heteroatoms. The van der Waals surface area contributed by atoms with Crippen LogP contribution in [0.3, 0.4) is 0 Å². The predicted molar refractivity (Wildman–Crippen MR) is 68.2 cm³/mol. The SMILES string of the molecule is Cc1ccc(Cc2sc(N)nc2Br)cc1. The van der Waals surface area contributed by atoms with E-state index in [2.05, 4.69) is 52.1 Å². The standard InChI is InChI=1S/C11H11BrN2S/c1-7-2-4-8(5-3-7)6-9-10(12)14-11(13)15-9/h2-5H,6H2,1H3,(H2,13,14). The van der Waals surface area contributed by atoms with Crippen LogP contribution < -0.4 is 5.73 Å². The minimum atomic E-state index is 0.615. The van der Waals surface area contributed by atoms with Crippen LogP contribution in [0.25, 0.3) is 0 Å². The van der Waals surface area contributed by atoms with Crippen molar-refractivity contribution in [3.63, 3.8) is 0 Å². The number of thiazole rings is 1. The summed E-state index contributed by atoms with van der Waals surface area (Å²) in [6.45, 7) is 2.09. The second-order valence-electron chi connectivity index (χ2n) is 3.43. The summed E-state index contributed by atoms with van der Waals surface area (Å²) in [7, 11) is 0. The van der Waals surface area contributed by atoms with E-state index in [0.29, 0.717) is 5.13 Å². The lowest BCUT2D eigenvalue weighted by molar-refractivity contribution is 1.19. The average molecular weight is 283 g/mol. The fraction of sp³-hybridized carbons (Fsp3) is 0.182. The number of aromatic nitrogens is 1. The molecule has 0 bridgehead atoms. The van der Waals surface area contributed by atoms with E-state index in [-0.39, 0.29) is 0 Å². The summed E-state index contributed by atoms with van der Waals surface area (Å²) in [6.07, 6.45) is 0.885. The summed E-state index contributed by atoms with van der Waals surface area (Å²) in [4.78, 5) is 5.31. The van der Waals surface area contributed by atoms with Gasteiger partial charge in [0.2, 0.25) is 0 Å². The van der Waals surface area contributed by atoms with Gasteiger partial charge < -0.3 is 5.73 Å². The highest BCUT2D eigenvalue weighted by molar-refractivity contribution is 9.10. The molecule has 0 saturated heterocycles. The first-order chi connectivity index (χ1) is 7.15. The van der Waals surface area contributed by atoms with Crippen molar-refractivity contribution >= 4 is 32.4 Å². The van der Waals surface area contributed by atoms with E-state index in [4.69, 9.17) is 5.73 Å². The van der Waals surface area contributed by atoms with E-state index < -0.39 is 0 Å². The third kappa shape index (κ3) is 2.58. The molecule has 0 amide bonds. The van der Waals surface area contributed by atoms with Crippen molar-refractivity contribution < 1.29 is 0 Å². The summed E-state index contributed by atoms with van der Waals surface area (Å²) >= 11 is 4.94. The van der Waals surface area contributed by atoms with Crippen molar-refractivity contribution in [2.24, 2.45) is 0 Å². The molecular weight excluding hydrogens is 272 g/mol. The molecule has 0 spiro atoms. The minimum absolute atomic E-state index is 0.615. The van der Waals surface area contributed by atoms with Gasteiger partial charge in [0.25, 0.3) is 0 Å². The Kier molecular flexibility index (Phi) is 3.07. The summed E-state index contributed by atoms with van der Waals surface area (Å²) in [5.41, 5.74) is 8.20. The Morgan fingerprint density at radius 1 is 1.33 bits per heavy atom. The van der Waals surface area contributed by atoms with E-state index in [0.717, 1.165) is 11.0 Å². The van der Waals surface area contributed by atoms with E-state index in [1.807, 2.05) is 0 Å². The highest BCUT2D eigenvalue weighted by Crippen LogP contribution is 2.27. The Hall–Kier alpha value is -0.870. The molecule has 2 aromatic rings. The molecule has 1 aromatic heterocycles. The third-order valence-corrected chi connectivity index (χ3v) is 3.95. The van der Waals surface area contributed by atoms with Gasteiger partial charge >= 0.3 is 0 Å². The molecule has 78 valence electrons. The molecule has 2 N–H and O–H groups in total. The van der Waals surface area contributed by atoms with Crippen molar-refractivity contribution in [2.75, 3.05) is 5.73 Å². The zero-order chi connectivity index (χ0) is 10.8. The Morgan fingerprint density at radius 3 is 2.53 bits per heavy atom. The number of anilines is 1. The van der Waals surface area contributed by atoms with E-state index >= 15 is 0 Å². The van der Waals surface area contributed by atoms with Gasteiger partial charge in [0.15, 0.2) is 5.13 Å². The molecule has 2 nitrogen and oxygen atoms in total. The van der Waals surface area contributed by atoms with Crippen molar-refractivity contribution in [3.05, 3.63) is 44.9 Å². The molecule has 0 fully saturated rings. The second kappa shape index (κ2) is 4.33. The molecule has 1 heterocycles. The summed E-state index contributed by atoms with van der Waals surface area (Å²) in [5, 5.41) is 0.615. The van der Waals surface area contributed by atoms with Crippen LogP contribution in [0.15, 0.2) is 28.9 Å². The van der Waals surface area contributed by atoms with E-state index in [1.165, 1.54) is 27.3 Å². The predicted octanol–water partition coefficient (Wildman–Crippen LogP) is 3.39. The quantitative estimate of drug-likeness (QED) is 0.917. The smallest absolute Gasteiger partial charge is 0.181 e. The summed E-state index contributed by atoms with van der Waals surface area (Å²) in [5.74, 6) is 0. The molecular formula is C11H11BrN2S. The number of nitrogens with two attached hydrogens (primary N) is 1. The first-order valence-corrected chi connectivity index (χ1v) is 6.22. The fourth-order valence-corrected chi connectivity index (χ4v) is 2.80. The number of hydrogen-bond donors (Lipinski definition) is 1. The zero-order valence-electron chi connectivity index (χ0n) is 8.33. The van der Waals surface area contributed by atoms with Gasteiger partial charge in [0.05, 0.1) is 0 Å². The number of halogens is 1. The molecule has 0 aliphatic carbocycles. The first-order valence-electron chi connectivity index (χ1n) is 4.61. The molecule has 2 rings (SSSR count). The number of rotatable bonds is 2. The van der Waals surface area contributed by atoms with E-state index in [1.54, 1.807) is 0 Å². The van der Waals surface area contributed by atoms with Gasteiger partial charge in [0.1, 0.15) is 4.60 Å². The zero-order valence-corrected chi connectivity index (χ0v) is 10.7. The Bertz CT molecular complexity index is 462. The molecule has 0 unspecified atom stereocenters. The molecule has 1 aromatic carbocycles. The van der Waals surface area contributed by atoms with Crippen LogP contribution in [0.5, 0.6) is 0 Å². The van der Waals surface area contributed by atoms with Crippen LogP contribution >= 0.6 is 27.3 Å². The maximum atomic E-state index is 5.63. The van der Waals surface area contributed by atoms with Gasteiger partial charge in [-0.2, -0.15) is 0 Å². The van der Waals surface area contributed by atoms with Gasteiger partial charge in [-0.15, -0.1) is 11.3 Å². The normalized spacial score (nSPS) is 10.5. The highest BCUT2D eigenvalue weighted by Gasteiger charge is 2.07. The van der Waals surface area contributed by atoms with Crippen molar-refractivity contribution in [2.45, 2.75) is 13.3 Å². The van der Waals surface area contributed by atoms with Crippen LogP contribution in [-0.2, 0) is 6.42 Å². The van der Waals surface area contributed by atoms with Gasteiger partial charge in [-0.05, 0) is 28.4 Å².